The lowest BCUT2D eigenvalue weighted by molar-refractivity contribution is 0.170. The molecule has 0 spiro atoms. The predicted octanol–water partition coefficient (Wildman–Crippen LogP) is 1.27. The monoisotopic (exact) mass is 286 g/mol. The lowest BCUT2D eigenvalue weighted by Gasteiger charge is -2.23. The van der Waals surface area contributed by atoms with E-state index in [2.05, 4.69) is 12.3 Å². The Bertz CT molecular complexity index is 485. The van der Waals surface area contributed by atoms with Gasteiger partial charge in [-0.2, -0.15) is 0 Å². The van der Waals surface area contributed by atoms with Gasteiger partial charge in [-0.1, -0.05) is 19.1 Å². The van der Waals surface area contributed by atoms with E-state index in [1.54, 1.807) is 31.4 Å². The Morgan fingerprint density at radius 1 is 1.32 bits per heavy atom. The SMILES string of the molecule is COCCC(C)C(NN)c1ccc(S(C)(=O)=O)cc1. The van der Waals surface area contributed by atoms with Crippen LogP contribution in [-0.2, 0) is 14.6 Å². The maximum Gasteiger partial charge on any atom is 0.175 e. The first-order chi connectivity index (χ1) is 8.90. The van der Waals surface area contributed by atoms with Crippen LogP contribution in [0.15, 0.2) is 29.2 Å². The molecule has 3 N–H and O–H groups in total. The fourth-order valence-electron chi connectivity index (χ4n) is 1.98. The van der Waals surface area contributed by atoms with E-state index in [1.807, 2.05) is 0 Å². The third-order valence-corrected chi connectivity index (χ3v) is 4.32. The molecule has 0 aliphatic carbocycles. The molecular formula is C13H22N2O3S. The van der Waals surface area contributed by atoms with Crippen LogP contribution in [0.4, 0.5) is 0 Å². The van der Waals surface area contributed by atoms with Crippen LogP contribution in [0.5, 0.6) is 0 Å². The number of nitrogens with two attached hydrogens (primary N) is 1. The van der Waals surface area contributed by atoms with Crippen LogP contribution in [0.1, 0.15) is 24.9 Å². The molecule has 108 valence electrons. The number of ether oxygens (including phenoxy) is 1. The second-order valence-corrected chi connectivity index (χ2v) is 6.76. The first kappa shape index (κ1) is 16.1. The van der Waals surface area contributed by atoms with E-state index in [9.17, 15) is 8.42 Å². The van der Waals surface area contributed by atoms with E-state index < -0.39 is 9.84 Å². The Hall–Kier alpha value is -0.950. The van der Waals surface area contributed by atoms with E-state index in [4.69, 9.17) is 10.6 Å². The van der Waals surface area contributed by atoms with Crippen LogP contribution < -0.4 is 11.3 Å². The van der Waals surface area contributed by atoms with Gasteiger partial charge >= 0.3 is 0 Å². The van der Waals surface area contributed by atoms with Crippen molar-refractivity contribution < 1.29 is 13.2 Å². The second-order valence-electron chi connectivity index (χ2n) is 4.74. The van der Waals surface area contributed by atoms with Crippen molar-refractivity contribution in [2.75, 3.05) is 20.0 Å². The van der Waals surface area contributed by atoms with Crippen molar-refractivity contribution in [3.63, 3.8) is 0 Å². The molecule has 0 fully saturated rings. The number of hydrogen-bond donors (Lipinski definition) is 2. The summed E-state index contributed by atoms with van der Waals surface area (Å²) in [5.41, 5.74) is 3.75. The molecule has 5 nitrogen and oxygen atoms in total. The molecule has 0 bridgehead atoms. The fraction of sp³-hybridized carbons (Fsp3) is 0.538. The van der Waals surface area contributed by atoms with Crippen molar-refractivity contribution in [1.82, 2.24) is 5.43 Å². The van der Waals surface area contributed by atoms with Gasteiger partial charge in [-0.25, -0.2) is 8.42 Å². The zero-order valence-corrected chi connectivity index (χ0v) is 12.4. The Kier molecular flexibility index (Phi) is 5.93. The maximum atomic E-state index is 11.4. The highest BCUT2D eigenvalue weighted by Gasteiger charge is 2.18. The second kappa shape index (κ2) is 7.00. The van der Waals surface area contributed by atoms with Crippen LogP contribution in [0.2, 0.25) is 0 Å². The zero-order chi connectivity index (χ0) is 14.5. The van der Waals surface area contributed by atoms with Gasteiger partial charge in [0.1, 0.15) is 0 Å². The van der Waals surface area contributed by atoms with Gasteiger partial charge in [0, 0.05) is 26.0 Å². The van der Waals surface area contributed by atoms with Gasteiger partial charge < -0.3 is 4.74 Å². The summed E-state index contributed by atoms with van der Waals surface area (Å²) in [5, 5.41) is 0. The summed E-state index contributed by atoms with van der Waals surface area (Å²) in [6.07, 6.45) is 2.07. The van der Waals surface area contributed by atoms with Gasteiger partial charge in [0.25, 0.3) is 0 Å². The van der Waals surface area contributed by atoms with Gasteiger partial charge in [0.2, 0.25) is 0 Å². The summed E-state index contributed by atoms with van der Waals surface area (Å²) >= 11 is 0. The van der Waals surface area contributed by atoms with Crippen LogP contribution in [0.25, 0.3) is 0 Å². The summed E-state index contributed by atoms with van der Waals surface area (Å²) in [5.74, 6) is 5.88. The van der Waals surface area contributed by atoms with Gasteiger partial charge in [-0.05, 0) is 30.0 Å². The first-order valence-electron chi connectivity index (χ1n) is 6.15. The normalized spacial score (nSPS) is 15.2. The molecule has 1 aromatic rings. The highest BCUT2D eigenvalue weighted by Crippen LogP contribution is 2.24. The minimum Gasteiger partial charge on any atom is -0.385 e. The number of methoxy groups -OCH3 is 1. The third kappa shape index (κ3) is 4.58. The number of sulfone groups is 1. The number of hydrazine groups is 1. The van der Waals surface area contributed by atoms with Crippen LogP contribution in [0.3, 0.4) is 0 Å². The van der Waals surface area contributed by atoms with Crippen molar-refractivity contribution in [1.29, 1.82) is 0 Å². The highest BCUT2D eigenvalue weighted by atomic mass is 32.2. The Morgan fingerprint density at radius 3 is 2.32 bits per heavy atom. The Labute approximate surface area is 115 Å². The average molecular weight is 286 g/mol. The van der Waals surface area contributed by atoms with Crippen molar-refractivity contribution in [2.45, 2.75) is 24.3 Å². The van der Waals surface area contributed by atoms with Gasteiger partial charge in [-0.3, -0.25) is 11.3 Å². The van der Waals surface area contributed by atoms with E-state index in [1.165, 1.54) is 6.26 Å². The Balaban J connectivity index is 2.88. The lowest BCUT2D eigenvalue weighted by atomic mass is 9.93. The molecule has 19 heavy (non-hydrogen) atoms. The summed E-state index contributed by atoms with van der Waals surface area (Å²) in [6, 6.07) is 6.79. The smallest absolute Gasteiger partial charge is 0.175 e. The quantitative estimate of drug-likeness (QED) is 0.582. The molecule has 0 aliphatic heterocycles. The number of benzene rings is 1. The van der Waals surface area contributed by atoms with Crippen molar-refractivity contribution in [3.05, 3.63) is 29.8 Å². The van der Waals surface area contributed by atoms with Crippen molar-refractivity contribution in [2.24, 2.45) is 11.8 Å². The molecule has 0 heterocycles. The fourth-order valence-corrected chi connectivity index (χ4v) is 2.61. The molecule has 0 radical (unpaired) electrons. The largest absolute Gasteiger partial charge is 0.385 e. The van der Waals surface area contributed by atoms with Gasteiger partial charge in [0.05, 0.1) is 4.90 Å². The van der Waals surface area contributed by atoms with Crippen LogP contribution in [-0.4, -0.2) is 28.4 Å². The van der Waals surface area contributed by atoms with E-state index in [0.29, 0.717) is 11.5 Å². The zero-order valence-electron chi connectivity index (χ0n) is 11.6. The maximum absolute atomic E-state index is 11.4. The molecule has 0 saturated heterocycles. The molecule has 0 aromatic heterocycles. The minimum absolute atomic E-state index is 0.0243. The number of hydrogen-bond acceptors (Lipinski definition) is 5. The van der Waals surface area contributed by atoms with Crippen molar-refractivity contribution >= 4 is 9.84 Å². The van der Waals surface area contributed by atoms with Crippen molar-refractivity contribution in [3.8, 4) is 0 Å². The topological polar surface area (TPSA) is 81.4 Å². The Morgan fingerprint density at radius 2 is 1.89 bits per heavy atom. The lowest BCUT2D eigenvalue weighted by Crippen LogP contribution is -2.33. The summed E-state index contributed by atoms with van der Waals surface area (Å²) in [6.45, 7) is 2.74. The van der Waals surface area contributed by atoms with E-state index >= 15 is 0 Å². The van der Waals surface area contributed by atoms with Gasteiger partial charge in [-0.15, -0.1) is 0 Å². The molecule has 0 aliphatic rings. The standard InChI is InChI=1S/C13H22N2O3S/c1-10(8-9-18-2)13(15-14)11-4-6-12(7-5-11)19(3,16)17/h4-7,10,13,15H,8-9,14H2,1-3H3. The first-order valence-corrected chi connectivity index (χ1v) is 8.04. The summed E-state index contributed by atoms with van der Waals surface area (Å²) < 4.78 is 27.9. The predicted molar refractivity (Wildman–Crippen MR) is 75.3 cm³/mol. The molecule has 2 atom stereocenters. The highest BCUT2D eigenvalue weighted by molar-refractivity contribution is 7.90. The molecule has 1 aromatic carbocycles. The number of rotatable bonds is 7. The van der Waals surface area contributed by atoms with E-state index in [0.717, 1.165) is 12.0 Å². The molecule has 2 unspecified atom stereocenters. The van der Waals surface area contributed by atoms with Crippen LogP contribution >= 0.6 is 0 Å². The molecule has 0 amide bonds. The summed E-state index contributed by atoms with van der Waals surface area (Å²) in [4.78, 5) is 0.316. The number of nitrogens with one attached hydrogen (secondary N) is 1. The summed E-state index contributed by atoms with van der Waals surface area (Å²) in [7, 11) is -1.49. The third-order valence-electron chi connectivity index (χ3n) is 3.19. The minimum atomic E-state index is -3.16. The molecular weight excluding hydrogens is 264 g/mol. The van der Waals surface area contributed by atoms with Crippen LogP contribution in [0, 0.1) is 5.92 Å². The van der Waals surface area contributed by atoms with E-state index in [-0.39, 0.29) is 12.0 Å². The molecule has 0 saturated carbocycles. The average Bonchev–Trinajstić information content (AvgIpc) is 2.37. The van der Waals surface area contributed by atoms with Gasteiger partial charge in [0.15, 0.2) is 9.84 Å². The molecule has 6 heteroatoms. The molecule has 1 rings (SSSR count).